The maximum absolute atomic E-state index is 12.5. The number of anilines is 1. The molecule has 3 rings (SSSR count). The summed E-state index contributed by atoms with van der Waals surface area (Å²) in [6.07, 6.45) is 2.24. The van der Waals surface area contributed by atoms with Crippen LogP contribution in [0.1, 0.15) is 15.9 Å². The third-order valence-corrected chi connectivity index (χ3v) is 3.90. The summed E-state index contributed by atoms with van der Waals surface area (Å²) in [6, 6.07) is 14.4. The number of aromatic nitrogens is 1. The van der Waals surface area contributed by atoms with Crippen LogP contribution in [0.3, 0.4) is 0 Å². The van der Waals surface area contributed by atoms with Gasteiger partial charge in [0.15, 0.2) is 0 Å². The van der Waals surface area contributed by atoms with Crippen LogP contribution in [0.2, 0.25) is 5.02 Å². The molecule has 1 aromatic heterocycles. The molecule has 0 atom stereocenters. The van der Waals surface area contributed by atoms with E-state index in [2.05, 4.69) is 10.3 Å². The highest BCUT2D eigenvalue weighted by Crippen LogP contribution is 2.25. The molecule has 0 bridgehead atoms. The predicted molar refractivity (Wildman–Crippen MR) is 91.9 cm³/mol. The van der Waals surface area contributed by atoms with Gasteiger partial charge in [0.25, 0.3) is 5.91 Å². The maximum Gasteiger partial charge on any atom is 0.257 e. The number of carbonyl (C=O) groups excluding carboxylic acids is 1. The smallest absolute Gasteiger partial charge is 0.257 e. The van der Waals surface area contributed by atoms with Crippen molar-refractivity contribution in [2.75, 3.05) is 11.9 Å². The lowest BCUT2D eigenvalue weighted by Gasteiger charge is -2.09. The predicted octanol–water partition coefficient (Wildman–Crippen LogP) is 3.68. The summed E-state index contributed by atoms with van der Waals surface area (Å²) in [5.74, 6) is -0.236. The number of nitrogens with zero attached hydrogens (tertiary/aromatic N) is 1. The molecule has 0 radical (unpaired) electrons. The van der Waals surface area contributed by atoms with E-state index in [-0.39, 0.29) is 12.5 Å². The number of amides is 1. The van der Waals surface area contributed by atoms with E-state index >= 15 is 0 Å². The van der Waals surface area contributed by atoms with Crippen LogP contribution in [0.4, 0.5) is 5.69 Å². The van der Waals surface area contributed by atoms with E-state index in [1.807, 2.05) is 30.3 Å². The molecule has 3 aromatic rings. The van der Waals surface area contributed by atoms with Crippen molar-refractivity contribution >= 4 is 34.1 Å². The van der Waals surface area contributed by atoms with Crippen LogP contribution in [0.5, 0.6) is 0 Å². The number of fused-ring (bicyclic) bond motifs is 1. The number of halogens is 1. The molecular weight excluding hydrogens is 312 g/mol. The minimum absolute atomic E-state index is 0.105. The topological polar surface area (TPSA) is 62.2 Å². The number of hydrogen-bond donors (Lipinski definition) is 2. The highest BCUT2D eigenvalue weighted by Gasteiger charge is 2.13. The Balaban J connectivity index is 1.87. The van der Waals surface area contributed by atoms with Gasteiger partial charge in [0, 0.05) is 23.9 Å². The van der Waals surface area contributed by atoms with Gasteiger partial charge in [-0.3, -0.25) is 9.78 Å². The van der Waals surface area contributed by atoms with E-state index in [9.17, 15) is 4.79 Å². The Labute approximate surface area is 138 Å². The molecule has 0 aliphatic carbocycles. The van der Waals surface area contributed by atoms with Crippen molar-refractivity contribution < 1.29 is 9.90 Å². The maximum atomic E-state index is 12.5. The molecule has 0 unspecified atom stereocenters. The third-order valence-electron chi connectivity index (χ3n) is 3.57. The van der Waals surface area contributed by atoms with Crippen LogP contribution in [-0.2, 0) is 6.42 Å². The molecule has 0 spiro atoms. The fourth-order valence-corrected chi connectivity index (χ4v) is 2.62. The molecule has 23 heavy (non-hydrogen) atoms. The van der Waals surface area contributed by atoms with E-state index in [4.69, 9.17) is 16.7 Å². The van der Waals surface area contributed by atoms with Crippen molar-refractivity contribution in [3.63, 3.8) is 0 Å². The Hall–Kier alpha value is -2.43. The second-order valence-corrected chi connectivity index (χ2v) is 5.53. The van der Waals surface area contributed by atoms with Gasteiger partial charge in [-0.15, -0.1) is 0 Å². The van der Waals surface area contributed by atoms with E-state index in [0.29, 0.717) is 28.2 Å². The van der Waals surface area contributed by atoms with Crippen molar-refractivity contribution in [3.8, 4) is 0 Å². The van der Waals surface area contributed by atoms with Gasteiger partial charge in [0.2, 0.25) is 0 Å². The molecule has 4 nitrogen and oxygen atoms in total. The number of hydrogen-bond acceptors (Lipinski definition) is 3. The second-order valence-electron chi connectivity index (χ2n) is 5.12. The SMILES string of the molecule is O=C(Nc1ccc(CCO)cc1)c1ccc(Cl)c2cccnc12. The van der Waals surface area contributed by atoms with Gasteiger partial charge in [0.05, 0.1) is 16.1 Å². The lowest BCUT2D eigenvalue weighted by atomic mass is 10.1. The molecule has 0 saturated heterocycles. The third kappa shape index (κ3) is 3.33. The molecular formula is C18H15ClN2O2. The van der Waals surface area contributed by atoms with E-state index in [1.54, 1.807) is 24.4 Å². The first kappa shape index (κ1) is 15.5. The standard InChI is InChI=1S/C18H15ClN2O2/c19-16-8-7-15(17-14(16)2-1-10-20-17)18(23)21-13-5-3-12(4-6-13)9-11-22/h1-8,10,22H,9,11H2,(H,21,23). The molecule has 116 valence electrons. The Morgan fingerprint density at radius 3 is 2.65 bits per heavy atom. The van der Waals surface area contributed by atoms with Gasteiger partial charge in [-0.25, -0.2) is 0 Å². The number of rotatable bonds is 4. The number of nitrogens with one attached hydrogen (secondary N) is 1. The molecule has 0 saturated carbocycles. The summed E-state index contributed by atoms with van der Waals surface area (Å²) in [5.41, 5.74) is 2.76. The van der Waals surface area contributed by atoms with Crippen molar-refractivity contribution in [1.29, 1.82) is 0 Å². The zero-order valence-electron chi connectivity index (χ0n) is 12.3. The molecule has 0 aliphatic rings. The molecule has 2 N–H and O–H groups in total. The van der Waals surface area contributed by atoms with Gasteiger partial charge in [-0.05, 0) is 48.4 Å². The van der Waals surface area contributed by atoms with Gasteiger partial charge < -0.3 is 10.4 Å². The number of benzene rings is 2. The van der Waals surface area contributed by atoms with E-state index in [1.165, 1.54) is 0 Å². The average Bonchev–Trinajstić information content (AvgIpc) is 2.57. The van der Waals surface area contributed by atoms with Crippen LogP contribution in [0.15, 0.2) is 54.7 Å². The fourth-order valence-electron chi connectivity index (χ4n) is 2.40. The van der Waals surface area contributed by atoms with Gasteiger partial charge in [-0.1, -0.05) is 23.7 Å². The number of carbonyl (C=O) groups is 1. The summed E-state index contributed by atoms with van der Waals surface area (Å²) < 4.78 is 0. The van der Waals surface area contributed by atoms with Gasteiger partial charge >= 0.3 is 0 Å². The van der Waals surface area contributed by atoms with Crippen LogP contribution in [-0.4, -0.2) is 22.6 Å². The van der Waals surface area contributed by atoms with Crippen LogP contribution >= 0.6 is 11.6 Å². The second kappa shape index (κ2) is 6.77. The fraction of sp³-hybridized carbons (Fsp3) is 0.111. The lowest BCUT2D eigenvalue weighted by Crippen LogP contribution is -2.13. The monoisotopic (exact) mass is 326 g/mol. The summed E-state index contributed by atoms with van der Waals surface area (Å²) in [7, 11) is 0. The van der Waals surface area contributed by atoms with Gasteiger partial charge in [0.1, 0.15) is 0 Å². The lowest BCUT2D eigenvalue weighted by molar-refractivity contribution is 0.102. The Morgan fingerprint density at radius 1 is 1.13 bits per heavy atom. The molecule has 1 heterocycles. The van der Waals surface area contributed by atoms with Crippen LogP contribution < -0.4 is 5.32 Å². The molecule has 2 aromatic carbocycles. The van der Waals surface area contributed by atoms with E-state index in [0.717, 1.165) is 10.9 Å². The van der Waals surface area contributed by atoms with Crippen molar-refractivity contribution in [2.24, 2.45) is 0 Å². The molecule has 5 heteroatoms. The Kier molecular flexibility index (Phi) is 4.55. The first-order valence-corrected chi connectivity index (χ1v) is 7.61. The number of pyridine rings is 1. The van der Waals surface area contributed by atoms with Crippen molar-refractivity contribution in [1.82, 2.24) is 4.98 Å². The number of aliphatic hydroxyl groups excluding tert-OH is 1. The van der Waals surface area contributed by atoms with Crippen molar-refractivity contribution in [2.45, 2.75) is 6.42 Å². The first-order chi connectivity index (χ1) is 11.2. The Morgan fingerprint density at radius 2 is 1.91 bits per heavy atom. The summed E-state index contributed by atoms with van der Waals surface area (Å²) in [6.45, 7) is 0.105. The highest BCUT2D eigenvalue weighted by molar-refractivity contribution is 6.36. The normalized spacial score (nSPS) is 10.7. The Bertz CT molecular complexity index is 847. The molecule has 0 aliphatic heterocycles. The number of aliphatic hydroxyl groups is 1. The average molecular weight is 327 g/mol. The molecule has 1 amide bonds. The highest BCUT2D eigenvalue weighted by atomic mass is 35.5. The zero-order valence-corrected chi connectivity index (χ0v) is 13.0. The first-order valence-electron chi connectivity index (χ1n) is 7.23. The van der Waals surface area contributed by atoms with Crippen LogP contribution in [0, 0.1) is 0 Å². The van der Waals surface area contributed by atoms with Crippen LogP contribution in [0.25, 0.3) is 10.9 Å². The summed E-state index contributed by atoms with van der Waals surface area (Å²) in [4.78, 5) is 16.8. The quantitative estimate of drug-likeness (QED) is 0.769. The summed E-state index contributed by atoms with van der Waals surface area (Å²) >= 11 is 6.15. The van der Waals surface area contributed by atoms with E-state index < -0.39 is 0 Å². The largest absolute Gasteiger partial charge is 0.396 e. The minimum atomic E-state index is -0.236. The molecule has 0 fully saturated rings. The summed E-state index contributed by atoms with van der Waals surface area (Å²) in [5, 5.41) is 13.1. The minimum Gasteiger partial charge on any atom is -0.396 e. The zero-order chi connectivity index (χ0) is 16.2. The van der Waals surface area contributed by atoms with Gasteiger partial charge in [-0.2, -0.15) is 0 Å². The van der Waals surface area contributed by atoms with Crippen molar-refractivity contribution in [3.05, 3.63) is 70.9 Å².